The Balaban J connectivity index is 1.66. The smallest absolute Gasteiger partial charge is 0.222 e. The number of hydrogen-bond donors (Lipinski definition) is 0. The van der Waals surface area contributed by atoms with Crippen LogP contribution < -0.4 is 0 Å². The van der Waals surface area contributed by atoms with Gasteiger partial charge in [-0.2, -0.15) is 0 Å². The highest BCUT2D eigenvalue weighted by Gasteiger charge is 2.20. The second kappa shape index (κ2) is 8.83. The van der Waals surface area contributed by atoms with Crippen molar-refractivity contribution in [3.63, 3.8) is 0 Å². The highest BCUT2D eigenvalue weighted by molar-refractivity contribution is 5.76. The van der Waals surface area contributed by atoms with E-state index in [1.165, 1.54) is 31.4 Å². The Morgan fingerprint density at radius 3 is 2.43 bits per heavy atom. The van der Waals surface area contributed by atoms with Crippen molar-refractivity contribution in [3.05, 3.63) is 35.9 Å². The van der Waals surface area contributed by atoms with E-state index >= 15 is 0 Å². The van der Waals surface area contributed by atoms with Crippen molar-refractivity contribution in [1.29, 1.82) is 0 Å². The molecule has 0 spiro atoms. The molecule has 1 aromatic carbocycles. The Bertz CT molecular complexity index is 410. The maximum absolute atomic E-state index is 12.2. The van der Waals surface area contributed by atoms with Crippen LogP contribution >= 0.6 is 0 Å². The average molecular weight is 288 g/mol. The highest BCUT2D eigenvalue weighted by Crippen LogP contribution is 2.09. The minimum absolute atomic E-state index is 0.312. The topological polar surface area (TPSA) is 23.6 Å². The molecule has 0 bridgehead atoms. The first kappa shape index (κ1) is 16.0. The Kier molecular flexibility index (Phi) is 6.74. The second-order valence-corrected chi connectivity index (χ2v) is 5.92. The summed E-state index contributed by atoms with van der Waals surface area (Å²) in [6.45, 7) is 7.32. The molecule has 1 heterocycles. The van der Waals surface area contributed by atoms with Gasteiger partial charge < -0.3 is 4.90 Å². The van der Waals surface area contributed by atoms with Gasteiger partial charge in [-0.15, -0.1) is 0 Å². The van der Waals surface area contributed by atoms with E-state index < -0.39 is 0 Å². The van der Waals surface area contributed by atoms with Crippen LogP contribution in [0, 0.1) is 0 Å². The number of benzene rings is 1. The van der Waals surface area contributed by atoms with Crippen molar-refractivity contribution in [1.82, 2.24) is 9.80 Å². The summed E-state index contributed by atoms with van der Waals surface area (Å²) in [5.41, 5.74) is 1.25. The minimum Gasteiger partial charge on any atom is -0.340 e. The average Bonchev–Trinajstić information content (AvgIpc) is 2.54. The van der Waals surface area contributed by atoms with Crippen LogP contribution in [0.25, 0.3) is 0 Å². The van der Waals surface area contributed by atoms with E-state index in [1.807, 2.05) is 23.1 Å². The molecule has 1 saturated heterocycles. The monoisotopic (exact) mass is 288 g/mol. The molecule has 0 saturated carbocycles. The van der Waals surface area contributed by atoms with Crippen LogP contribution in [0.5, 0.6) is 0 Å². The van der Waals surface area contributed by atoms with Crippen molar-refractivity contribution >= 4 is 5.91 Å². The van der Waals surface area contributed by atoms with Gasteiger partial charge in [0.05, 0.1) is 0 Å². The summed E-state index contributed by atoms with van der Waals surface area (Å²) in [6.07, 6.45) is 5.38. The molecular weight excluding hydrogens is 260 g/mol. The summed E-state index contributed by atoms with van der Waals surface area (Å²) in [7, 11) is 0. The van der Waals surface area contributed by atoms with Crippen LogP contribution in [0.3, 0.4) is 0 Å². The van der Waals surface area contributed by atoms with Crippen molar-refractivity contribution in [3.8, 4) is 0 Å². The number of rotatable bonds is 7. The zero-order chi connectivity index (χ0) is 14.9. The first-order valence-corrected chi connectivity index (χ1v) is 8.33. The zero-order valence-electron chi connectivity index (χ0n) is 13.3. The second-order valence-electron chi connectivity index (χ2n) is 5.92. The molecule has 0 unspecified atom stereocenters. The number of aryl methyl sites for hydroxylation is 1. The molecule has 116 valence electrons. The van der Waals surface area contributed by atoms with Gasteiger partial charge in [0.15, 0.2) is 0 Å². The summed E-state index contributed by atoms with van der Waals surface area (Å²) < 4.78 is 0. The molecule has 1 aliphatic heterocycles. The van der Waals surface area contributed by atoms with E-state index in [-0.39, 0.29) is 0 Å². The zero-order valence-corrected chi connectivity index (χ0v) is 13.3. The lowest BCUT2D eigenvalue weighted by molar-refractivity contribution is -0.132. The third kappa shape index (κ3) is 5.50. The van der Waals surface area contributed by atoms with E-state index in [0.717, 1.165) is 32.6 Å². The third-order valence-electron chi connectivity index (χ3n) is 4.27. The Hall–Kier alpha value is -1.35. The quantitative estimate of drug-likeness (QED) is 0.720. The Morgan fingerprint density at radius 1 is 1.05 bits per heavy atom. The molecule has 3 heteroatoms. The van der Waals surface area contributed by atoms with Crippen molar-refractivity contribution < 1.29 is 4.79 Å². The number of hydrogen-bond acceptors (Lipinski definition) is 2. The molecule has 1 amide bonds. The Labute approximate surface area is 128 Å². The fourth-order valence-electron chi connectivity index (χ4n) is 2.86. The van der Waals surface area contributed by atoms with Gasteiger partial charge in [0, 0.05) is 32.6 Å². The molecule has 0 aromatic heterocycles. The van der Waals surface area contributed by atoms with E-state index in [0.29, 0.717) is 12.3 Å². The molecule has 2 rings (SSSR count). The number of carbonyl (C=O) groups excluding carboxylic acids is 1. The molecule has 1 aromatic rings. The highest BCUT2D eigenvalue weighted by atomic mass is 16.2. The minimum atomic E-state index is 0.312. The molecule has 1 fully saturated rings. The molecule has 1 aliphatic rings. The number of nitrogens with zero attached hydrogens (tertiary/aromatic N) is 2. The predicted octanol–water partition coefficient (Wildman–Crippen LogP) is 2.95. The van der Waals surface area contributed by atoms with Crippen LogP contribution in [0.2, 0.25) is 0 Å². The lowest BCUT2D eigenvalue weighted by Crippen LogP contribution is -2.48. The largest absolute Gasteiger partial charge is 0.340 e. The molecule has 0 atom stereocenters. The van der Waals surface area contributed by atoms with Crippen molar-refractivity contribution in [2.75, 3.05) is 32.7 Å². The number of amides is 1. The number of piperazine rings is 1. The van der Waals surface area contributed by atoms with Gasteiger partial charge in [-0.25, -0.2) is 0 Å². The van der Waals surface area contributed by atoms with Gasteiger partial charge in [-0.1, -0.05) is 50.1 Å². The van der Waals surface area contributed by atoms with Crippen LogP contribution in [0.4, 0.5) is 0 Å². The van der Waals surface area contributed by atoms with Crippen LogP contribution in [0.1, 0.15) is 38.2 Å². The molecular formula is C18H28N2O. The van der Waals surface area contributed by atoms with Gasteiger partial charge in [0.1, 0.15) is 0 Å². The standard InChI is InChI=1S/C18H28N2O/c1-2-3-7-12-19-13-15-20(16-14-19)18(21)11-10-17-8-5-4-6-9-17/h4-6,8-9H,2-3,7,10-16H2,1H3. The van der Waals surface area contributed by atoms with Gasteiger partial charge in [0.2, 0.25) is 5.91 Å². The van der Waals surface area contributed by atoms with Gasteiger partial charge in [0.25, 0.3) is 0 Å². The summed E-state index contributed by atoms with van der Waals surface area (Å²) in [6, 6.07) is 10.3. The molecule has 0 radical (unpaired) electrons. The fourth-order valence-corrected chi connectivity index (χ4v) is 2.86. The first-order chi connectivity index (χ1) is 10.3. The van der Waals surface area contributed by atoms with Crippen molar-refractivity contribution in [2.45, 2.75) is 39.0 Å². The predicted molar refractivity (Wildman–Crippen MR) is 87.3 cm³/mol. The number of carbonyl (C=O) groups is 1. The van der Waals surface area contributed by atoms with Gasteiger partial charge >= 0.3 is 0 Å². The molecule has 3 nitrogen and oxygen atoms in total. The van der Waals surface area contributed by atoms with Crippen LogP contribution in [-0.2, 0) is 11.2 Å². The van der Waals surface area contributed by atoms with E-state index in [2.05, 4.69) is 24.0 Å². The van der Waals surface area contributed by atoms with Crippen LogP contribution in [-0.4, -0.2) is 48.4 Å². The van der Waals surface area contributed by atoms with E-state index in [9.17, 15) is 4.79 Å². The molecule has 0 aliphatic carbocycles. The summed E-state index contributed by atoms with van der Waals surface area (Å²) in [5.74, 6) is 0.312. The fraction of sp³-hybridized carbons (Fsp3) is 0.611. The molecule has 0 N–H and O–H groups in total. The van der Waals surface area contributed by atoms with Crippen LogP contribution in [0.15, 0.2) is 30.3 Å². The third-order valence-corrected chi connectivity index (χ3v) is 4.27. The van der Waals surface area contributed by atoms with Gasteiger partial charge in [-0.05, 0) is 24.9 Å². The van der Waals surface area contributed by atoms with Gasteiger partial charge in [-0.3, -0.25) is 9.69 Å². The lowest BCUT2D eigenvalue weighted by Gasteiger charge is -2.34. The van der Waals surface area contributed by atoms with E-state index in [1.54, 1.807) is 0 Å². The first-order valence-electron chi connectivity index (χ1n) is 8.33. The number of unbranched alkanes of at least 4 members (excludes halogenated alkanes) is 2. The van der Waals surface area contributed by atoms with E-state index in [4.69, 9.17) is 0 Å². The Morgan fingerprint density at radius 2 is 1.76 bits per heavy atom. The maximum atomic E-state index is 12.2. The summed E-state index contributed by atoms with van der Waals surface area (Å²) in [4.78, 5) is 16.8. The normalized spacial score (nSPS) is 16.1. The summed E-state index contributed by atoms with van der Waals surface area (Å²) >= 11 is 0. The summed E-state index contributed by atoms with van der Waals surface area (Å²) in [5, 5.41) is 0. The van der Waals surface area contributed by atoms with Crippen molar-refractivity contribution in [2.24, 2.45) is 0 Å². The maximum Gasteiger partial charge on any atom is 0.222 e. The lowest BCUT2D eigenvalue weighted by atomic mass is 10.1. The SMILES string of the molecule is CCCCCN1CCN(C(=O)CCc2ccccc2)CC1. The molecule has 21 heavy (non-hydrogen) atoms.